The molecule has 15 rings (SSSR count). The number of rotatable bonds is 15. The molecule has 15 aromatic rings. The van der Waals surface area contributed by atoms with Crippen molar-refractivity contribution in [3.63, 3.8) is 0 Å². The molecule has 10 unspecified atom stereocenters. The Bertz CT molecular complexity index is 6360. The van der Waals surface area contributed by atoms with Crippen molar-refractivity contribution in [2.24, 2.45) is 0 Å². The molecule has 20 heteroatoms. The number of aryl methyl sites for hydroxylation is 21. The summed E-state index contributed by atoms with van der Waals surface area (Å²) in [7, 11) is 0. The zero-order chi connectivity index (χ0) is 102. The molecule has 0 aliphatic carbocycles. The molecular formula is C122H154Ir5N5O10-5. The van der Waals surface area contributed by atoms with Crippen molar-refractivity contribution in [2.75, 3.05) is 0 Å². The van der Waals surface area contributed by atoms with Crippen molar-refractivity contribution in [3.8, 4) is 56.3 Å². The first-order valence-corrected chi connectivity index (χ1v) is 47.9. The Labute approximate surface area is 916 Å². The number of nitrogens with zero attached hydrogens (tertiary/aromatic N) is 5. The van der Waals surface area contributed by atoms with Gasteiger partial charge in [0.15, 0.2) is 0 Å². The summed E-state index contributed by atoms with van der Waals surface area (Å²) in [5.74, 6) is 0. The van der Waals surface area contributed by atoms with Crippen molar-refractivity contribution in [1.82, 2.24) is 24.9 Å². The van der Waals surface area contributed by atoms with Crippen LogP contribution in [0.5, 0.6) is 0 Å². The molecule has 5 aromatic heterocycles. The predicted molar refractivity (Wildman–Crippen MR) is 574 cm³/mol. The van der Waals surface area contributed by atoms with Crippen LogP contribution in [0.3, 0.4) is 0 Å². The number of hydrogen-bond donors (Lipinski definition) is 10. The Kier molecular flexibility index (Phi) is 59.2. The van der Waals surface area contributed by atoms with Crippen LogP contribution in [-0.4, -0.2) is 137 Å². The van der Waals surface area contributed by atoms with Crippen LogP contribution in [0.2, 0.25) is 0 Å². The Morgan fingerprint density at radius 1 is 0.204 bits per heavy atom. The maximum atomic E-state index is 8.56. The maximum Gasteiger partial charge on any atom is 0.0600 e. The van der Waals surface area contributed by atoms with E-state index in [1.54, 1.807) is 69.2 Å². The summed E-state index contributed by atoms with van der Waals surface area (Å²) in [6, 6.07) is 76.6. The van der Waals surface area contributed by atoms with E-state index in [0.29, 0.717) is 32.1 Å². The number of benzene rings is 10. The van der Waals surface area contributed by atoms with Gasteiger partial charge in [0, 0.05) is 127 Å². The molecule has 0 spiro atoms. The number of pyridine rings is 5. The molecule has 10 atom stereocenters. The summed E-state index contributed by atoms with van der Waals surface area (Å²) in [5.41, 5.74) is 43.4. The second-order valence-corrected chi connectivity index (χ2v) is 38.4. The largest absolute Gasteiger partial charge is 0.393 e. The Balaban J connectivity index is 0.000000812. The fourth-order valence-electron chi connectivity index (χ4n) is 16.5. The quantitative estimate of drug-likeness (QED) is 0.0428. The average molecular weight is 2810 g/mol. The summed E-state index contributed by atoms with van der Waals surface area (Å²) in [4.78, 5) is 24.5. The molecule has 777 valence electrons. The molecule has 5 radical (unpaired) electrons. The van der Waals surface area contributed by atoms with Gasteiger partial charge in [0.25, 0.3) is 0 Å². The maximum absolute atomic E-state index is 8.56. The standard InChI is InChI=1S/2C20H20N.3C19H18N.5C5H12O2.5Ir/c1-12-6-7-17(14(3)8-12)20-16(5)11-18-15(4)9-13(2)10-19(18)21-20;1-12-9-14(3)18-11-15(4)20(21-19(18)10-12)17-8-6-7-13(2)16(17)5;1-12-5-7-16(8-6-12)19-15(4)11-17-14(3)9-13(2)10-18(17)20-19;1-12-6-5-7-16(9-12)19-15(4)11-17-14(3)8-13(2)10-18(17)20-19;1-12-9-14(3)17-11-15(4)19(20-18(17)10-12)16-8-6-5-7-13(16)2;5*1-4(6)3-5(2)7;;;;;/h6,8-11H,1-5H3;6-7,9-11H,1-5H3;5-7,9-11H,1-4H3;5-6,8-11H,1-4H3;5-7,9-11H,1-4H3;5*4-7H,3H2,1-2H3;;;;;/q5*-1;;;;;;;;;;. The molecule has 0 aliphatic heterocycles. The van der Waals surface area contributed by atoms with Crippen LogP contribution in [0.15, 0.2) is 170 Å². The Morgan fingerprint density at radius 3 is 0.754 bits per heavy atom. The van der Waals surface area contributed by atoms with Crippen LogP contribution in [0, 0.1) is 183 Å². The minimum Gasteiger partial charge on any atom is -0.393 e. The Hall–Kier alpha value is -7.90. The third kappa shape index (κ3) is 42.9. The first kappa shape index (κ1) is 132. The van der Waals surface area contributed by atoms with Gasteiger partial charge in [0.2, 0.25) is 0 Å². The molecule has 142 heavy (non-hydrogen) atoms. The van der Waals surface area contributed by atoms with E-state index in [0.717, 1.165) is 83.9 Å². The molecule has 0 aliphatic rings. The minimum atomic E-state index is -0.375. The van der Waals surface area contributed by atoms with Crippen LogP contribution >= 0.6 is 0 Å². The summed E-state index contributed by atoms with van der Waals surface area (Å²) >= 11 is 0. The predicted octanol–water partition coefficient (Wildman–Crippen LogP) is 26.0. The van der Waals surface area contributed by atoms with E-state index in [4.69, 9.17) is 76.0 Å². The first-order chi connectivity index (χ1) is 64.2. The summed E-state index contributed by atoms with van der Waals surface area (Å²) in [6.07, 6.45) is -1.39. The number of fused-ring (bicyclic) bond motifs is 5. The summed E-state index contributed by atoms with van der Waals surface area (Å²) in [6.45, 7) is 63.4. The smallest absolute Gasteiger partial charge is 0.0600 e. The van der Waals surface area contributed by atoms with Crippen LogP contribution in [-0.2, 0) is 101 Å². The molecule has 0 amide bonds. The molecule has 15 nitrogen and oxygen atoms in total. The molecule has 0 fully saturated rings. The molecule has 10 N–H and O–H groups in total. The van der Waals surface area contributed by atoms with Crippen molar-refractivity contribution in [2.45, 2.75) is 315 Å². The molecule has 10 aromatic carbocycles. The fraction of sp³-hybridized carbons (Fsp3) is 0.385. The number of aliphatic hydroxyl groups is 10. The van der Waals surface area contributed by atoms with Gasteiger partial charge in [-0.1, -0.05) is 137 Å². The molecular weight excluding hydrogens is 2660 g/mol. The van der Waals surface area contributed by atoms with E-state index in [-0.39, 0.29) is 162 Å². The number of aliphatic hydroxyl groups excluding tert-OH is 10. The zero-order valence-corrected chi connectivity index (χ0v) is 101. The van der Waals surface area contributed by atoms with E-state index in [1.807, 2.05) is 36.4 Å². The van der Waals surface area contributed by atoms with Gasteiger partial charge in [0.05, 0.1) is 88.6 Å². The van der Waals surface area contributed by atoms with Crippen molar-refractivity contribution in [3.05, 3.63) is 323 Å². The summed E-state index contributed by atoms with van der Waals surface area (Å²) < 4.78 is 0. The monoisotopic (exact) mass is 2810 g/mol. The van der Waals surface area contributed by atoms with Gasteiger partial charge in [-0.25, -0.2) is 0 Å². The van der Waals surface area contributed by atoms with Crippen molar-refractivity contribution >= 4 is 54.5 Å². The van der Waals surface area contributed by atoms with Crippen LogP contribution in [0.4, 0.5) is 0 Å². The molecule has 0 bridgehead atoms. The van der Waals surface area contributed by atoms with Gasteiger partial charge in [0.1, 0.15) is 0 Å². The minimum absolute atomic E-state index is 0. The normalized spacial score (nSPS) is 12.6. The third-order valence-electron chi connectivity index (χ3n) is 22.8. The second-order valence-electron chi connectivity index (χ2n) is 38.4. The number of aromatic nitrogens is 5. The third-order valence-corrected chi connectivity index (χ3v) is 22.8. The molecule has 0 saturated heterocycles. The van der Waals surface area contributed by atoms with Crippen molar-refractivity contribution in [1.29, 1.82) is 0 Å². The SMILES string of the molecule is CC(O)CC(C)O.CC(O)CC(C)O.CC(O)CC(C)O.CC(O)CC(C)O.CC(O)CC(C)O.Cc1c[c-]c(-c2nc3cc(C)cc(C)c3cc2C)c(C)c1.Cc1c[c-]c(-c2nc3cc(C)cc(C)c3cc2C)cc1.Cc1cc(C)c2cc(C)c(-c3[c-]ccc(C)c3C)nc2c1.Cc1cc(C)c2cc(C)c(-c3[c-]cccc3C)nc2c1.Cc1cc[c-]c(-c2nc3cc(C)cc(C)c3cc2C)c1.[Ir].[Ir].[Ir].[Ir].[Ir]. The van der Waals surface area contributed by atoms with Crippen LogP contribution in [0.25, 0.3) is 111 Å². The first-order valence-electron chi connectivity index (χ1n) is 47.9. The van der Waals surface area contributed by atoms with E-state index in [2.05, 4.69) is 316 Å². The second kappa shape index (κ2) is 63.6. The van der Waals surface area contributed by atoms with E-state index in [1.165, 1.54) is 149 Å². The number of hydrogen-bond acceptors (Lipinski definition) is 15. The zero-order valence-electron chi connectivity index (χ0n) is 89.3. The van der Waals surface area contributed by atoms with E-state index < -0.39 is 0 Å². The van der Waals surface area contributed by atoms with Gasteiger partial charge in [-0.05, 0) is 320 Å². The van der Waals surface area contributed by atoms with Gasteiger partial charge < -0.3 is 51.1 Å². The van der Waals surface area contributed by atoms with Crippen LogP contribution < -0.4 is 0 Å². The fourth-order valence-corrected chi connectivity index (χ4v) is 16.5. The van der Waals surface area contributed by atoms with Gasteiger partial charge in [-0.3, -0.25) is 24.9 Å². The summed E-state index contributed by atoms with van der Waals surface area (Å²) in [5, 5.41) is 91.8. The topological polar surface area (TPSA) is 267 Å². The van der Waals surface area contributed by atoms with E-state index >= 15 is 0 Å². The molecule has 5 heterocycles. The van der Waals surface area contributed by atoms with Gasteiger partial charge in [-0.15, -0.1) is 176 Å². The average Bonchev–Trinajstić information content (AvgIpc) is 0.753. The van der Waals surface area contributed by atoms with Crippen molar-refractivity contribution < 1.29 is 152 Å². The van der Waals surface area contributed by atoms with Crippen LogP contribution in [0.1, 0.15) is 224 Å². The molecule has 0 saturated carbocycles. The van der Waals surface area contributed by atoms with Gasteiger partial charge in [-0.2, -0.15) is 0 Å². The van der Waals surface area contributed by atoms with E-state index in [9.17, 15) is 0 Å². The Morgan fingerprint density at radius 2 is 0.472 bits per heavy atom. The van der Waals surface area contributed by atoms with Gasteiger partial charge >= 0.3 is 0 Å².